The van der Waals surface area contributed by atoms with Crippen molar-refractivity contribution in [2.24, 2.45) is 5.92 Å². The molecule has 5 nitrogen and oxygen atoms in total. The van der Waals surface area contributed by atoms with Crippen molar-refractivity contribution >= 4 is 0 Å². The molecule has 0 amide bonds. The van der Waals surface area contributed by atoms with Gasteiger partial charge in [-0.3, -0.25) is 0 Å². The van der Waals surface area contributed by atoms with Gasteiger partial charge in [-0.25, -0.2) is 4.39 Å². The van der Waals surface area contributed by atoms with Crippen molar-refractivity contribution < 1.29 is 13.5 Å². The van der Waals surface area contributed by atoms with Gasteiger partial charge >= 0.3 is 0 Å². The van der Waals surface area contributed by atoms with Gasteiger partial charge in [0.2, 0.25) is 5.89 Å². The zero-order valence-corrected chi connectivity index (χ0v) is 12.5. The average molecular weight is 293 g/mol. The van der Waals surface area contributed by atoms with E-state index in [1.165, 1.54) is 6.07 Å². The van der Waals surface area contributed by atoms with Crippen LogP contribution in [-0.2, 0) is 13.2 Å². The number of nitrogens with one attached hydrogen (secondary N) is 1. The van der Waals surface area contributed by atoms with E-state index in [9.17, 15) is 4.39 Å². The third-order valence-corrected chi connectivity index (χ3v) is 2.82. The summed E-state index contributed by atoms with van der Waals surface area (Å²) in [5, 5.41) is 10.8. The van der Waals surface area contributed by atoms with Crippen LogP contribution in [0.25, 0.3) is 0 Å². The summed E-state index contributed by atoms with van der Waals surface area (Å²) < 4.78 is 24.7. The number of hydrogen-bond donors (Lipinski definition) is 1. The minimum atomic E-state index is -0.393. The van der Waals surface area contributed by atoms with E-state index in [1.807, 2.05) is 6.07 Å². The lowest BCUT2D eigenvalue weighted by molar-refractivity contribution is 0.246. The topological polar surface area (TPSA) is 60.2 Å². The lowest BCUT2D eigenvalue weighted by atomic mass is 10.1. The van der Waals surface area contributed by atoms with Gasteiger partial charge in [0.1, 0.15) is 0 Å². The van der Waals surface area contributed by atoms with Gasteiger partial charge in [0, 0.05) is 19.0 Å². The fourth-order valence-electron chi connectivity index (χ4n) is 1.88. The maximum Gasteiger partial charge on any atom is 0.253 e. The van der Waals surface area contributed by atoms with Gasteiger partial charge in [0.15, 0.2) is 18.2 Å². The van der Waals surface area contributed by atoms with Crippen molar-refractivity contribution in [3.05, 3.63) is 41.4 Å². The molecule has 2 rings (SSSR count). The number of rotatable bonds is 7. The molecule has 1 N–H and O–H groups in total. The molecule has 0 bridgehead atoms. The number of hydrogen-bond acceptors (Lipinski definition) is 5. The third kappa shape index (κ3) is 4.53. The van der Waals surface area contributed by atoms with E-state index in [0.717, 1.165) is 12.1 Å². The average Bonchev–Trinajstić information content (AvgIpc) is 2.83. The molecule has 0 atom stereocenters. The second-order valence-corrected chi connectivity index (χ2v) is 5.26. The minimum Gasteiger partial charge on any atom is -0.480 e. The van der Waals surface area contributed by atoms with Crippen LogP contribution in [-0.4, -0.2) is 16.7 Å². The fraction of sp³-hybridized carbons (Fsp3) is 0.467. The van der Waals surface area contributed by atoms with Crippen LogP contribution < -0.4 is 10.1 Å². The maximum absolute atomic E-state index is 13.9. The van der Waals surface area contributed by atoms with Crippen LogP contribution in [0.2, 0.25) is 0 Å². The van der Waals surface area contributed by atoms with E-state index >= 15 is 0 Å². The van der Waals surface area contributed by atoms with Gasteiger partial charge in [-0.05, 0) is 18.5 Å². The Kier molecular flexibility index (Phi) is 5.27. The van der Waals surface area contributed by atoms with Crippen molar-refractivity contribution in [1.82, 2.24) is 15.5 Å². The first kappa shape index (κ1) is 15.4. The van der Waals surface area contributed by atoms with Gasteiger partial charge in [0.05, 0.1) is 0 Å². The lowest BCUT2D eigenvalue weighted by Gasteiger charge is -2.13. The first-order valence-corrected chi connectivity index (χ1v) is 6.96. The van der Waals surface area contributed by atoms with Crippen LogP contribution in [0.4, 0.5) is 4.39 Å². The van der Waals surface area contributed by atoms with Crippen molar-refractivity contribution in [2.75, 3.05) is 6.54 Å². The molecular formula is C15H20FN3O2. The molecule has 1 heterocycles. The number of nitrogens with zero attached hydrogens (tertiary/aromatic N) is 2. The van der Waals surface area contributed by atoms with Crippen LogP contribution >= 0.6 is 0 Å². The van der Waals surface area contributed by atoms with E-state index in [1.54, 1.807) is 13.0 Å². The first-order valence-electron chi connectivity index (χ1n) is 6.96. The molecule has 0 aliphatic carbocycles. The molecule has 21 heavy (non-hydrogen) atoms. The molecule has 6 heteroatoms. The van der Waals surface area contributed by atoms with Gasteiger partial charge in [-0.15, -0.1) is 10.2 Å². The number of ether oxygens (including phenoxy) is 1. The monoisotopic (exact) mass is 293 g/mol. The van der Waals surface area contributed by atoms with Crippen molar-refractivity contribution in [3.63, 3.8) is 0 Å². The molecule has 2 aromatic rings. The van der Waals surface area contributed by atoms with Crippen LogP contribution in [0.15, 0.2) is 22.6 Å². The molecule has 0 aliphatic rings. The van der Waals surface area contributed by atoms with Gasteiger partial charge in [0.25, 0.3) is 5.89 Å². The normalized spacial score (nSPS) is 11.1. The Morgan fingerprint density at radius 2 is 2.14 bits per heavy atom. The van der Waals surface area contributed by atoms with E-state index in [0.29, 0.717) is 24.2 Å². The molecule has 0 radical (unpaired) electrons. The molecule has 1 aromatic carbocycles. The molecule has 0 unspecified atom stereocenters. The summed E-state index contributed by atoms with van der Waals surface area (Å²) in [5.41, 5.74) is 0.770. The molecule has 0 saturated carbocycles. The summed E-state index contributed by atoms with van der Waals surface area (Å²) in [5.74, 6) is 1.15. The third-order valence-electron chi connectivity index (χ3n) is 2.82. The minimum absolute atomic E-state index is 0.0545. The van der Waals surface area contributed by atoms with Crippen LogP contribution in [0.1, 0.15) is 31.2 Å². The lowest BCUT2D eigenvalue weighted by Crippen LogP contribution is -2.19. The second kappa shape index (κ2) is 7.17. The summed E-state index contributed by atoms with van der Waals surface area (Å²) >= 11 is 0. The standard InChI is InChI=1S/C15H20FN3O2/c1-10(2)7-17-8-12-5-4-6-13(16)15(12)20-9-14-19-18-11(3)21-14/h4-6,10,17H,7-9H2,1-3H3. The van der Waals surface area contributed by atoms with Crippen LogP contribution in [0.3, 0.4) is 0 Å². The highest BCUT2D eigenvalue weighted by atomic mass is 19.1. The Balaban J connectivity index is 2.02. The highest BCUT2D eigenvalue weighted by Gasteiger charge is 2.12. The van der Waals surface area contributed by atoms with E-state index in [4.69, 9.17) is 9.15 Å². The molecule has 0 fully saturated rings. The number of aromatic nitrogens is 2. The Bertz CT molecular complexity index is 584. The summed E-state index contributed by atoms with van der Waals surface area (Å²) in [6.07, 6.45) is 0. The predicted molar refractivity (Wildman–Crippen MR) is 76.3 cm³/mol. The van der Waals surface area contributed by atoms with Crippen molar-refractivity contribution in [2.45, 2.75) is 33.9 Å². The molecule has 1 aromatic heterocycles. The van der Waals surface area contributed by atoms with E-state index in [2.05, 4.69) is 29.4 Å². The molecule has 0 aliphatic heterocycles. The molecule has 0 saturated heterocycles. The number of para-hydroxylation sites is 1. The number of benzene rings is 1. The van der Waals surface area contributed by atoms with E-state index in [-0.39, 0.29) is 12.4 Å². The quantitative estimate of drug-likeness (QED) is 0.850. The van der Waals surface area contributed by atoms with Crippen LogP contribution in [0.5, 0.6) is 5.75 Å². The van der Waals surface area contributed by atoms with Crippen LogP contribution in [0, 0.1) is 18.7 Å². The Morgan fingerprint density at radius 3 is 2.81 bits per heavy atom. The van der Waals surface area contributed by atoms with Gasteiger partial charge < -0.3 is 14.5 Å². The summed E-state index contributed by atoms with van der Waals surface area (Å²) in [4.78, 5) is 0. The molecular weight excluding hydrogens is 273 g/mol. The molecule has 114 valence electrons. The Labute approximate surface area is 123 Å². The fourth-order valence-corrected chi connectivity index (χ4v) is 1.88. The largest absolute Gasteiger partial charge is 0.480 e. The van der Waals surface area contributed by atoms with Crippen molar-refractivity contribution in [3.8, 4) is 5.75 Å². The van der Waals surface area contributed by atoms with Gasteiger partial charge in [-0.1, -0.05) is 26.0 Å². The smallest absolute Gasteiger partial charge is 0.253 e. The zero-order chi connectivity index (χ0) is 15.2. The number of halogens is 1. The maximum atomic E-state index is 13.9. The Morgan fingerprint density at radius 1 is 1.33 bits per heavy atom. The zero-order valence-electron chi connectivity index (χ0n) is 12.5. The van der Waals surface area contributed by atoms with E-state index < -0.39 is 5.82 Å². The highest BCUT2D eigenvalue weighted by Crippen LogP contribution is 2.23. The van der Waals surface area contributed by atoms with Gasteiger partial charge in [-0.2, -0.15) is 0 Å². The summed E-state index contributed by atoms with van der Waals surface area (Å²) in [7, 11) is 0. The predicted octanol–water partition coefficient (Wildman–Crippen LogP) is 2.84. The summed E-state index contributed by atoms with van der Waals surface area (Å²) in [6, 6.07) is 4.89. The Hall–Kier alpha value is -1.95. The molecule has 0 spiro atoms. The highest BCUT2D eigenvalue weighted by molar-refractivity contribution is 5.34. The number of aryl methyl sites for hydroxylation is 1. The van der Waals surface area contributed by atoms with Crippen molar-refractivity contribution in [1.29, 1.82) is 0 Å². The second-order valence-electron chi connectivity index (χ2n) is 5.26. The SMILES string of the molecule is Cc1nnc(COc2c(F)cccc2CNCC(C)C)o1. The first-order chi connectivity index (χ1) is 10.1. The summed E-state index contributed by atoms with van der Waals surface area (Å²) in [6.45, 7) is 7.40.